The quantitative estimate of drug-likeness (QED) is 0.299. The highest BCUT2D eigenvalue weighted by molar-refractivity contribution is 5.74. The molecule has 7 heteroatoms. The Kier molecular flexibility index (Phi) is 5.21. The fourth-order valence-corrected chi connectivity index (χ4v) is 3.48. The first-order chi connectivity index (χ1) is 9.19. The van der Waals surface area contributed by atoms with Crippen molar-refractivity contribution in [1.82, 2.24) is 21.4 Å². The van der Waals surface area contributed by atoms with Gasteiger partial charge in [-0.15, -0.1) is 0 Å². The Bertz CT molecular complexity index is 372. The van der Waals surface area contributed by atoms with Crippen LogP contribution in [0.5, 0.6) is 0 Å². The van der Waals surface area contributed by atoms with Crippen molar-refractivity contribution in [3.63, 3.8) is 0 Å². The second-order valence-corrected chi connectivity index (χ2v) is 6.81. The molecule has 1 saturated carbocycles. The van der Waals surface area contributed by atoms with Crippen molar-refractivity contribution >= 4 is 12.1 Å². The summed E-state index contributed by atoms with van der Waals surface area (Å²) in [6.07, 6.45) is 2.70. The lowest BCUT2D eigenvalue weighted by Gasteiger charge is -2.46. The van der Waals surface area contributed by atoms with E-state index in [-0.39, 0.29) is 28.9 Å². The number of hydrogen-bond donors (Lipinski definition) is 5. The molecule has 20 heavy (non-hydrogen) atoms. The summed E-state index contributed by atoms with van der Waals surface area (Å²) in [5.41, 5.74) is 2.14. The van der Waals surface area contributed by atoms with Crippen LogP contribution < -0.4 is 27.2 Å². The normalized spacial score (nSPS) is 28.4. The number of carbonyl (C=O) groups excluding carboxylic acids is 2. The smallest absolute Gasteiger partial charge is 0.329 e. The Morgan fingerprint density at radius 1 is 1.20 bits per heavy atom. The maximum absolute atomic E-state index is 11.4. The third-order valence-corrected chi connectivity index (χ3v) is 3.81. The van der Waals surface area contributed by atoms with Crippen LogP contribution in [0.4, 0.5) is 9.59 Å². The van der Waals surface area contributed by atoms with E-state index in [1.165, 1.54) is 0 Å². The van der Waals surface area contributed by atoms with Crippen LogP contribution in [0.2, 0.25) is 0 Å². The number of hydrogen-bond acceptors (Lipinski definition) is 3. The molecule has 0 heterocycles. The molecular formula is C13H27N5O2. The molecular weight excluding hydrogens is 258 g/mol. The molecule has 1 rings (SSSR count). The molecule has 2 atom stereocenters. The highest BCUT2D eigenvalue weighted by Crippen LogP contribution is 2.45. The predicted octanol–water partition coefficient (Wildman–Crippen LogP) is 0.673. The molecule has 1 aliphatic rings. The van der Waals surface area contributed by atoms with Gasteiger partial charge in [0.1, 0.15) is 0 Å². The lowest BCUT2D eigenvalue weighted by Crippen LogP contribution is -2.53. The monoisotopic (exact) mass is 285 g/mol. The molecule has 116 valence electrons. The zero-order valence-electron chi connectivity index (χ0n) is 12.8. The van der Waals surface area contributed by atoms with Gasteiger partial charge in [-0.1, -0.05) is 20.8 Å². The van der Waals surface area contributed by atoms with Gasteiger partial charge in [0.05, 0.1) is 0 Å². The summed E-state index contributed by atoms with van der Waals surface area (Å²) in [5, 5.41) is 8.29. The number of amides is 4. The van der Waals surface area contributed by atoms with E-state index in [1.54, 1.807) is 7.05 Å². The van der Waals surface area contributed by atoms with E-state index in [0.717, 1.165) is 19.3 Å². The van der Waals surface area contributed by atoms with Crippen molar-refractivity contribution in [3.8, 4) is 0 Å². The van der Waals surface area contributed by atoms with Crippen LogP contribution in [0.15, 0.2) is 0 Å². The highest BCUT2D eigenvalue weighted by Gasteiger charge is 2.41. The molecule has 0 aliphatic heterocycles. The molecule has 7 nitrogen and oxygen atoms in total. The first kappa shape index (κ1) is 16.6. The van der Waals surface area contributed by atoms with E-state index in [0.29, 0.717) is 6.54 Å². The molecule has 0 spiro atoms. The van der Waals surface area contributed by atoms with Crippen LogP contribution in [-0.4, -0.2) is 31.7 Å². The summed E-state index contributed by atoms with van der Waals surface area (Å²) in [4.78, 5) is 22.7. The lowest BCUT2D eigenvalue weighted by molar-refractivity contribution is 0.0750. The van der Waals surface area contributed by atoms with Gasteiger partial charge in [0.15, 0.2) is 0 Å². The van der Waals surface area contributed by atoms with Crippen LogP contribution >= 0.6 is 0 Å². The Labute approximate surface area is 120 Å². The fraction of sp³-hybridized carbons (Fsp3) is 0.846. The van der Waals surface area contributed by atoms with Crippen LogP contribution in [0.3, 0.4) is 0 Å². The number of hydrazine groups is 1. The first-order valence-electron chi connectivity index (χ1n) is 6.92. The third-order valence-electron chi connectivity index (χ3n) is 3.81. The number of rotatable bonds is 3. The van der Waals surface area contributed by atoms with Crippen molar-refractivity contribution in [2.75, 3.05) is 13.6 Å². The third kappa shape index (κ3) is 4.88. The summed E-state index contributed by atoms with van der Waals surface area (Å²) in [5.74, 6) is 5.11. The van der Waals surface area contributed by atoms with E-state index in [4.69, 9.17) is 5.84 Å². The SMILES string of the molecule is CNC(=O)NCC1(C)CC(NC(=O)NN)CC(C)(C)C1. The second kappa shape index (κ2) is 6.30. The van der Waals surface area contributed by atoms with E-state index >= 15 is 0 Å². The van der Waals surface area contributed by atoms with E-state index in [2.05, 4.69) is 42.1 Å². The van der Waals surface area contributed by atoms with Crippen molar-refractivity contribution in [2.24, 2.45) is 16.7 Å². The molecule has 0 bridgehead atoms. The number of nitrogens with two attached hydrogens (primary N) is 1. The maximum Gasteiger partial charge on any atom is 0.329 e. The minimum atomic E-state index is -0.366. The van der Waals surface area contributed by atoms with E-state index in [9.17, 15) is 9.59 Å². The van der Waals surface area contributed by atoms with Crippen LogP contribution in [0.1, 0.15) is 40.0 Å². The molecule has 0 aromatic heterocycles. The minimum absolute atomic E-state index is 0.0544. The van der Waals surface area contributed by atoms with E-state index < -0.39 is 0 Å². The highest BCUT2D eigenvalue weighted by atomic mass is 16.2. The van der Waals surface area contributed by atoms with Crippen molar-refractivity contribution in [3.05, 3.63) is 0 Å². The summed E-state index contributed by atoms with van der Waals surface area (Å²) in [6.45, 7) is 7.08. The van der Waals surface area contributed by atoms with Crippen molar-refractivity contribution < 1.29 is 9.59 Å². The van der Waals surface area contributed by atoms with Gasteiger partial charge >= 0.3 is 12.1 Å². The van der Waals surface area contributed by atoms with Gasteiger partial charge in [-0.3, -0.25) is 5.43 Å². The Morgan fingerprint density at radius 3 is 2.40 bits per heavy atom. The zero-order chi connectivity index (χ0) is 15.4. The van der Waals surface area contributed by atoms with Crippen LogP contribution in [0, 0.1) is 10.8 Å². The van der Waals surface area contributed by atoms with Crippen molar-refractivity contribution in [1.29, 1.82) is 0 Å². The fourth-order valence-electron chi connectivity index (χ4n) is 3.48. The predicted molar refractivity (Wildman–Crippen MR) is 77.8 cm³/mol. The number of carbonyl (C=O) groups is 2. The summed E-state index contributed by atoms with van der Waals surface area (Å²) in [7, 11) is 1.60. The molecule has 2 unspecified atom stereocenters. The van der Waals surface area contributed by atoms with Gasteiger partial charge in [-0.25, -0.2) is 15.4 Å². The Hall–Kier alpha value is -1.50. The van der Waals surface area contributed by atoms with Gasteiger partial charge < -0.3 is 16.0 Å². The second-order valence-electron chi connectivity index (χ2n) is 6.81. The van der Waals surface area contributed by atoms with Gasteiger partial charge in [0, 0.05) is 19.6 Å². The van der Waals surface area contributed by atoms with Gasteiger partial charge in [-0.2, -0.15) is 0 Å². The number of urea groups is 2. The largest absolute Gasteiger partial charge is 0.341 e. The Morgan fingerprint density at radius 2 is 1.85 bits per heavy atom. The molecule has 1 aliphatic carbocycles. The lowest BCUT2D eigenvalue weighted by atomic mass is 9.62. The zero-order valence-corrected chi connectivity index (χ0v) is 12.8. The summed E-state index contributed by atoms with van der Waals surface area (Å²) >= 11 is 0. The average molecular weight is 285 g/mol. The van der Waals surface area contributed by atoms with Crippen LogP contribution in [-0.2, 0) is 0 Å². The minimum Gasteiger partial charge on any atom is -0.341 e. The molecule has 0 aromatic rings. The molecule has 0 aromatic carbocycles. The molecule has 1 fully saturated rings. The Balaban J connectivity index is 2.70. The molecule has 0 saturated heterocycles. The van der Waals surface area contributed by atoms with E-state index in [1.807, 2.05) is 0 Å². The van der Waals surface area contributed by atoms with Crippen LogP contribution in [0.25, 0.3) is 0 Å². The molecule has 0 radical (unpaired) electrons. The van der Waals surface area contributed by atoms with Gasteiger partial charge in [0.2, 0.25) is 0 Å². The topological polar surface area (TPSA) is 108 Å². The molecule has 6 N–H and O–H groups in total. The summed E-state index contributed by atoms with van der Waals surface area (Å²) in [6, 6.07) is -0.494. The van der Waals surface area contributed by atoms with Gasteiger partial charge in [-0.05, 0) is 30.1 Å². The maximum atomic E-state index is 11.4. The van der Waals surface area contributed by atoms with Crippen molar-refractivity contribution in [2.45, 2.75) is 46.1 Å². The van der Waals surface area contributed by atoms with Gasteiger partial charge in [0.25, 0.3) is 0 Å². The first-order valence-corrected chi connectivity index (χ1v) is 6.92. The summed E-state index contributed by atoms with van der Waals surface area (Å²) < 4.78 is 0. The number of nitrogens with one attached hydrogen (secondary N) is 4. The average Bonchev–Trinajstić information content (AvgIpc) is 2.33. The standard InChI is InChI=1S/C13H27N5O2/c1-12(2)5-9(17-11(20)18-14)6-13(3,7-12)8-16-10(19)15-4/h9H,5-8,14H2,1-4H3,(H2,15,16,19)(H2,17,18,20). The molecule has 4 amide bonds.